The van der Waals surface area contributed by atoms with Gasteiger partial charge in [-0.2, -0.15) is 0 Å². The molecule has 3 N–H and O–H groups in total. The molecule has 0 atom stereocenters. The molecule has 0 saturated carbocycles. The molecule has 0 aromatic carbocycles. The van der Waals surface area contributed by atoms with E-state index in [1.54, 1.807) is 0 Å². The van der Waals surface area contributed by atoms with Crippen LogP contribution in [-0.4, -0.2) is 24.9 Å². The van der Waals surface area contributed by atoms with E-state index in [1.165, 1.54) is 25.7 Å². The van der Waals surface area contributed by atoms with Gasteiger partial charge in [-0.15, -0.1) is 0 Å². The number of carbonyl (C=O) groups is 1. The molecule has 3 nitrogen and oxygen atoms in total. The molecular weight excluding hydrogens is 238 g/mol. The van der Waals surface area contributed by atoms with Crippen molar-refractivity contribution in [2.75, 3.05) is 13.1 Å². The summed E-state index contributed by atoms with van der Waals surface area (Å²) in [6, 6.07) is 0. The maximum absolute atomic E-state index is 12.7. The standard InChI is InChI=1S/C13H26F2N2O/c1-2-3-4-5-6-7-8-9-12(18)17-11-13(14,15)10-16/h2-11,16H2,1H3,(H,17,18). The van der Waals surface area contributed by atoms with Crippen LogP contribution >= 0.6 is 0 Å². The molecule has 0 radical (unpaired) electrons. The highest BCUT2D eigenvalue weighted by atomic mass is 19.3. The minimum Gasteiger partial charge on any atom is -0.350 e. The summed E-state index contributed by atoms with van der Waals surface area (Å²) in [4.78, 5) is 11.3. The van der Waals surface area contributed by atoms with Crippen LogP contribution in [0, 0.1) is 0 Å². The molecule has 0 heterocycles. The predicted octanol–water partition coefficient (Wildman–Crippen LogP) is 2.84. The summed E-state index contributed by atoms with van der Waals surface area (Å²) < 4.78 is 25.5. The topological polar surface area (TPSA) is 55.1 Å². The van der Waals surface area contributed by atoms with Gasteiger partial charge in [0, 0.05) is 6.42 Å². The summed E-state index contributed by atoms with van der Waals surface area (Å²) in [5.74, 6) is -3.30. The highest BCUT2D eigenvalue weighted by Crippen LogP contribution is 2.10. The number of hydrogen-bond acceptors (Lipinski definition) is 2. The molecule has 18 heavy (non-hydrogen) atoms. The van der Waals surface area contributed by atoms with Gasteiger partial charge in [-0.05, 0) is 6.42 Å². The smallest absolute Gasteiger partial charge is 0.277 e. The molecule has 1 amide bonds. The van der Waals surface area contributed by atoms with Gasteiger partial charge >= 0.3 is 0 Å². The van der Waals surface area contributed by atoms with Crippen molar-refractivity contribution in [2.45, 2.75) is 64.2 Å². The van der Waals surface area contributed by atoms with Crippen LogP contribution in [0.5, 0.6) is 0 Å². The molecule has 0 bridgehead atoms. The van der Waals surface area contributed by atoms with Crippen LogP contribution in [0.4, 0.5) is 8.78 Å². The van der Waals surface area contributed by atoms with E-state index in [9.17, 15) is 13.6 Å². The maximum Gasteiger partial charge on any atom is 0.277 e. The summed E-state index contributed by atoms with van der Waals surface area (Å²) in [5, 5.41) is 2.22. The molecule has 108 valence electrons. The number of nitrogens with two attached hydrogens (primary N) is 1. The van der Waals surface area contributed by atoms with Gasteiger partial charge in [0.05, 0.1) is 13.1 Å². The Bertz CT molecular complexity index is 223. The van der Waals surface area contributed by atoms with Crippen molar-refractivity contribution in [3.05, 3.63) is 0 Å². The van der Waals surface area contributed by atoms with Gasteiger partial charge in [-0.25, -0.2) is 8.78 Å². The first-order chi connectivity index (χ1) is 8.52. The second-order valence-electron chi connectivity index (χ2n) is 4.71. The first-order valence-corrected chi connectivity index (χ1v) is 6.86. The minimum absolute atomic E-state index is 0.309. The van der Waals surface area contributed by atoms with E-state index >= 15 is 0 Å². The Balaban J connectivity index is 3.38. The van der Waals surface area contributed by atoms with E-state index in [1.807, 2.05) is 0 Å². The average molecular weight is 264 g/mol. The Labute approximate surface area is 109 Å². The molecular formula is C13H26F2N2O. The molecule has 0 rings (SSSR count). The highest BCUT2D eigenvalue weighted by molar-refractivity contribution is 5.75. The Hall–Kier alpha value is -0.710. The number of rotatable bonds is 11. The van der Waals surface area contributed by atoms with Crippen LogP contribution in [0.1, 0.15) is 58.3 Å². The van der Waals surface area contributed by atoms with Crippen LogP contribution in [-0.2, 0) is 4.79 Å². The highest BCUT2D eigenvalue weighted by Gasteiger charge is 2.26. The van der Waals surface area contributed by atoms with E-state index < -0.39 is 19.0 Å². The van der Waals surface area contributed by atoms with Crippen LogP contribution in [0.2, 0.25) is 0 Å². The number of halogens is 2. The lowest BCUT2D eigenvalue weighted by Crippen LogP contribution is -2.41. The molecule has 0 aromatic heterocycles. The van der Waals surface area contributed by atoms with Crippen molar-refractivity contribution < 1.29 is 13.6 Å². The van der Waals surface area contributed by atoms with E-state index in [4.69, 9.17) is 5.73 Å². The number of unbranched alkanes of at least 4 members (excludes halogenated alkanes) is 6. The van der Waals surface area contributed by atoms with Gasteiger partial charge in [0.1, 0.15) is 0 Å². The van der Waals surface area contributed by atoms with Crippen molar-refractivity contribution in [3.8, 4) is 0 Å². The Morgan fingerprint density at radius 3 is 2.22 bits per heavy atom. The molecule has 0 spiro atoms. The fraction of sp³-hybridized carbons (Fsp3) is 0.923. The van der Waals surface area contributed by atoms with Crippen molar-refractivity contribution in [2.24, 2.45) is 5.73 Å². The zero-order chi connectivity index (χ0) is 13.9. The Morgan fingerprint density at radius 1 is 1.11 bits per heavy atom. The summed E-state index contributed by atoms with van der Waals surface area (Å²) in [5.41, 5.74) is 4.87. The first-order valence-electron chi connectivity index (χ1n) is 6.86. The van der Waals surface area contributed by atoms with Gasteiger partial charge in [0.25, 0.3) is 5.92 Å². The largest absolute Gasteiger partial charge is 0.350 e. The van der Waals surface area contributed by atoms with Crippen molar-refractivity contribution in [1.82, 2.24) is 5.32 Å². The van der Waals surface area contributed by atoms with Crippen molar-refractivity contribution >= 4 is 5.91 Å². The third kappa shape index (κ3) is 10.4. The third-order valence-corrected chi connectivity index (χ3v) is 2.85. The van der Waals surface area contributed by atoms with Crippen LogP contribution in [0.3, 0.4) is 0 Å². The summed E-state index contributed by atoms with van der Waals surface area (Å²) >= 11 is 0. The maximum atomic E-state index is 12.7. The van der Waals surface area contributed by atoms with Gasteiger partial charge in [-0.3, -0.25) is 4.79 Å². The molecule has 0 fully saturated rings. The number of nitrogens with one attached hydrogen (secondary N) is 1. The zero-order valence-electron chi connectivity index (χ0n) is 11.3. The number of amides is 1. The summed E-state index contributed by atoms with van der Waals surface area (Å²) in [6.07, 6.45) is 8.12. The molecule has 0 aliphatic carbocycles. The first kappa shape index (κ1) is 17.3. The van der Waals surface area contributed by atoms with Crippen molar-refractivity contribution in [3.63, 3.8) is 0 Å². The average Bonchev–Trinajstić information content (AvgIpc) is 2.35. The SMILES string of the molecule is CCCCCCCCCC(=O)NCC(F)(F)CN. The van der Waals surface area contributed by atoms with E-state index in [0.29, 0.717) is 6.42 Å². The lowest BCUT2D eigenvalue weighted by atomic mass is 10.1. The van der Waals surface area contributed by atoms with Gasteiger partial charge in [-0.1, -0.05) is 45.4 Å². The monoisotopic (exact) mass is 264 g/mol. The molecule has 0 aliphatic heterocycles. The van der Waals surface area contributed by atoms with Crippen molar-refractivity contribution in [1.29, 1.82) is 0 Å². The normalized spacial score (nSPS) is 11.6. The lowest BCUT2D eigenvalue weighted by Gasteiger charge is -2.14. The second-order valence-corrected chi connectivity index (χ2v) is 4.71. The summed E-state index contributed by atoms with van der Waals surface area (Å²) in [7, 11) is 0. The quantitative estimate of drug-likeness (QED) is 0.564. The predicted molar refractivity (Wildman–Crippen MR) is 69.6 cm³/mol. The van der Waals surface area contributed by atoms with Gasteiger partial charge in [0.15, 0.2) is 0 Å². The third-order valence-electron chi connectivity index (χ3n) is 2.85. The Morgan fingerprint density at radius 2 is 1.67 bits per heavy atom. The van der Waals surface area contributed by atoms with E-state index in [0.717, 1.165) is 19.3 Å². The fourth-order valence-corrected chi connectivity index (χ4v) is 1.63. The molecule has 0 saturated heterocycles. The van der Waals surface area contributed by atoms with E-state index in [-0.39, 0.29) is 5.91 Å². The number of carbonyl (C=O) groups excluding carboxylic acids is 1. The lowest BCUT2D eigenvalue weighted by molar-refractivity contribution is -0.123. The van der Waals surface area contributed by atoms with Crippen LogP contribution in [0.25, 0.3) is 0 Å². The molecule has 5 heteroatoms. The number of hydrogen-bond donors (Lipinski definition) is 2. The number of alkyl halides is 2. The van der Waals surface area contributed by atoms with Crippen LogP contribution < -0.4 is 11.1 Å². The minimum atomic E-state index is -2.99. The summed E-state index contributed by atoms with van der Waals surface area (Å²) in [6.45, 7) is 0.783. The molecule has 0 unspecified atom stereocenters. The van der Waals surface area contributed by atoms with Gasteiger partial charge in [0.2, 0.25) is 5.91 Å². The fourth-order valence-electron chi connectivity index (χ4n) is 1.63. The molecule has 0 aliphatic rings. The Kier molecular flexibility index (Phi) is 9.83. The zero-order valence-corrected chi connectivity index (χ0v) is 11.3. The van der Waals surface area contributed by atoms with Crippen LogP contribution in [0.15, 0.2) is 0 Å². The van der Waals surface area contributed by atoms with E-state index in [2.05, 4.69) is 12.2 Å². The van der Waals surface area contributed by atoms with Gasteiger partial charge < -0.3 is 11.1 Å². The second kappa shape index (κ2) is 10.2. The molecule has 0 aromatic rings.